The van der Waals surface area contributed by atoms with Gasteiger partial charge < -0.3 is 15.0 Å². The lowest BCUT2D eigenvalue weighted by Crippen LogP contribution is -2.37. The van der Waals surface area contributed by atoms with Crippen molar-refractivity contribution in [1.29, 1.82) is 0 Å². The van der Waals surface area contributed by atoms with Crippen molar-refractivity contribution >= 4 is 17.4 Å². The van der Waals surface area contributed by atoms with Gasteiger partial charge in [0.2, 0.25) is 0 Å². The molecule has 4 aromatic rings. The van der Waals surface area contributed by atoms with Gasteiger partial charge in [0.15, 0.2) is 17.2 Å². The molecule has 0 bridgehead atoms. The van der Waals surface area contributed by atoms with E-state index in [0.29, 0.717) is 36.3 Å². The fourth-order valence-electron chi connectivity index (χ4n) is 4.40. The van der Waals surface area contributed by atoms with Crippen molar-refractivity contribution in [2.24, 2.45) is 5.92 Å². The molecule has 34 heavy (non-hydrogen) atoms. The lowest BCUT2D eigenvalue weighted by Gasteiger charge is -2.29. The van der Waals surface area contributed by atoms with Crippen molar-refractivity contribution in [3.63, 3.8) is 0 Å². The van der Waals surface area contributed by atoms with Crippen molar-refractivity contribution in [3.05, 3.63) is 60.4 Å². The molecule has 0 radical (unpaired) electrons. The maximum absolute atomic E-state index is 12.9. The predicted octanol–water partition coefficient (Wildman–Crippen LogP) is 2.95. The van der Waals surface area contributed by atoms with Gasteiger partial charge in [0.1, 0.15) is 5.82 Å². The molecule has 1 aromatic carbocycles. The number of aromatic nitrogens is 5. The van der Waals surface area contributed by atoms with Crippen molar-refractivity contribution in [2.75, 3.05) is 31.2 Å². The summed E-state index contributed by atoms with van der Waals surface area (Å²) < 4.78 is 9.08. The molecule has 1 saturated heterocycles. The molecule has 1 aliphatic carbocycles. The summed E-state index contributed by atoms with van der Waals surface area (Å²) >= 11 is 0. The Morgan fingerprint density at radius 2 is 1.88 bits per heavy atom. The zero-order valence-corrected chi connectivity index (χ0v) is 19.1. The zero-order chi connectivity index (χ0) is 23.1. The van der Waals surface area contributed by atoms with E-state index in [0.717, 1.165) is 30.2 Å². The number of carbonyl (C=O) groups is 1. The first kappa shape index (κ1) is 20.9. The van der Waals surface area contributed by atoms with Crippen LogP contribution in [0.5, 0.6) is 0 Å². The number of hydrogen-bond donors (Lipinski definition) is 1. The normalized spacial score (nSPS) is 17.1. The van der Waals surface area contributed by atoms with E-state index in [1.807, 2.05) is 48.7 Å². The minimum Gasteiger partial charge on any atom is -0.378 e. The van der Waals surface area contributed by atoms with Gasteiger partial charge in [-0.05, 0) is 31.7 Å². The fourth-order valence-corrected chi connectivity index (χ4v) is 4.40. The van der Waals surface area contributed by atoms with E-state index in [9.17, 15) is 4.79 Å². The van der Waals surface area contributed by atoms with Crippen LogP contribution < -0.4 is 10.2 Å². The van der Waals surface area contributed by atoms with Gasteiger partial charge in [-0.25, -0.2) is 9.67 Å². The summed E-state index contributed by atoms with van der Waals surface area (Å²) in [7, 11) is 0. The van der Waals surface area contributed by atoms with Gasteiger partial charge in [-0.15, -0.1) is 0 Å². The number of amides is 1. The van der Waals surface area contributed by atoms with Crippen molar-refractivity contribution in [1.82, 2.24) is 29.7 Å². The van der Waals surface area contributed by atoms with Crippen molar-refractivity contribution < 1.29 is 9.53 Å². The summed E-state index contributed by atoms with van der Waals surface area (Å²) in [5, 5.41) is 12.5. The maximum Gasteiger partial charge on any atom is 0.272 e. The zero-order valence-electron chi connectivity index (χ0n) is 19.1. The monoisotopic (exact) mass is 457 g/mol. The molecule has 2 aliphatic rings. The lowest BCUT2D eigenvalue weighted by atomic mass is 10.2. The molecule has 9 heteroatoms. The average Bonchev–Trinajstić information content (AvgIpc) is 3.45. The number of morpholine rings is 1. The molecule has 0 unspecified atom stereocenters. The van der Waals surface area contributed by atoms with E-state index >= 15 is 0 Å². The Hall–Kier alpha value is -3.72. The van der Waals surface area contributed by atoms with Crippen LogP contribution in [0.4, 0.5) is 5.82 Å². The van der Waals surface area contributed by atoms with Gasteiger partial charge in [0, 0.05) is 43.0 Å². The van der Waals surface area contributed by atoms with Crippen LogP contribution in [-0.4, -0.2) is 62.6 Å². The molecule has 1 aliphatic heterocycles. The third kappa shape index (κ3) is 4.03. The highest BCUT2D eigenvalue weighted by Gasteiger charge is 2.30. The Morgan fingerprint density at radius 3 is 2.65 bits per heavy atom. The number of carbonyl (C=O) groups excluding carboxylic acids is 1. The van der Waals surface area contributed by atoms with Crippen LogP contribution in [0.1, 0.15) is 30.3 Å². The Kier molecular flexibility index (Phi) is 5.26. The van der Waals surface area contributed by atoms with Gasteiger partial charge in [-0.3, -0.25) is 4.79 Å². The number of hydrogen-bond acceptors (Lipinski definition) is 6. The molecule has 3 aromatic heterocycles. The van der Waals surface area contributed by atoms with Crippen LogP contribution in [0.3, 0.4) is 0 Å². The van der Waals surface area contributed by atoms with Crippen LogP contribution in [0.25, 0.3) is 22.7 Å². The molecule has 9 nitrogen and oxygen atoms in total. The molecule has 6 rings (SSSR count). The van der Waals surface area contributed by atoms with E-state index in [4.69, 9.17) is 14.8 Å². The third-order valence-corrected chi connectivity index (χ3v) is 6.54. The molecule has 1 amide bonds. The van der Waals surface area contributed by atoms with Crippen molar-refractivity contribution in [3.8, 4) is 17.1 Å². The Bertz CT molecular complexity index is 1320. The molecule has 1 saturated carbocycles. The minimum atomic E-state index is -0.162. The molecular weight excluding hydrogens is 430 g/mol. The number of nitrogens with zero attached hydrogens (tertiary/aromatic N) is 6. The van der Waals surface area contributed by atoms with Gasteiger partial charge in [0.25, 0.3) is 5.91 Å². The highest BCUT2D eigenvalue weighted by molar-refractivity contribution is 5.93. The SMILES string of the molecule is C[C@@H](NC(=O)c1cc2nc(-n3ccc(-c4ccccc4)n3)cc(N3CCOCC3)n2n1)C1CC1. The molecule has 4 heterocycles. The summed E-state index contributed by atoms with van der Waals surface area (Å²) in [5.41, 5.74) is 2.90. The van der Waals surface area contributed by atoms with E-state index < -0.39 is 0 Å². The molecule has 2 fully saturated rings. The second kappa shape index (κ2) is 8.57. The largest absolute Gasteiger partial charge is 0.378 e. The second-order valence-electron chi connectivity index (χ2n) is 8.98. The predicted molar refractivity (Wildman–Crippen MR) is 128 cm³/mol. The quantitative estimate of drug-likeness (QED) is 0.479. The number of nitrogens with one attached hydrogen (secondary N) is 1. The van der Waals surface area contributed by atoms with Crippen LogP contribution in [0, 0.1) is 5.92 Å². The third-order valence-electron chi connectivity index (χ3n) is 6.54. The van der Waals surface area contributed by atoms with E-state index in [2.05, 4.69) is 22.2 Å². The van der Waals surface area contributed by atoms with Crippen LogP contribution in [0.15, 0.2) is 54.7 Å². The Balaban J connectivity index is 1.39. The smallest absolute Gasteiger partial charge is 0.272 e. The summed E-state index contributed by atoms with van der Waals surface area (Å²) in [4.78, 5) is 19.9. The summed E-state index contributed by atoms with van der Waals surface area (Å²) in [6.07, 6.45) is 4.26. The first-order valence-electron chi connectivity index (χ1n) is 11.8. The number of rotatable bonds is 6. The summed E-state index contributed by atoms with van der Waals surface area (Å²) in [5.74, 6) is 1.96. The molecule has 1 atom stereocenters. The Labute approximate surface area is 197 Å². The first-order valence-corrected chi connectivity index (χ1v) is 11.8. The van der Waals surface area contributed by atoms with Gasteiger partial charge >= 0.3 is 0 Å². The highest BCUT2D eigenvalue weighted by atomic mass is 16.5. The fraction of sp³-hybridized carbons (Fsp3) is 0.360. The Morgan fingerprint density at radius 1 is 1.09 bits per heavy atom. The van der Waals surface area contributed by atoms with E-state index in [-0.39, 0.29) is 11.9 Å². The number of fused-ring (bicyclic) bond motifs is 1. The number of anilines is 1. The van der Waals surface area contributed by atoms with Gasteiger partial charge in [-0.1, -0.05) is 30.3 Å². The van der Waals surface area contributed by atoms with Crippen molar-refractivity contribution in [2.45, 2.75) is 25.8 Å². The van der Waals surface area contributed by atoms with Gasteiger partial charge in [0.05, 0.1) is 18.9 Å². The maximum atomic E-state index is 12.9. The number of ether oxygens (including phenoxy) is 1. The van der Waals surface area contributed by atoms with E-state index in [1.165, 1.54) is 12.8 Å². The first-order chi connectivity index (χ1) is 16.7. The van der Waals surface area contributed by atoms with E-state index in [1.54, 1.807) is 15.3 Å². The standard InChI is InChI=1S/C25H27N7O2/c1-17(18-7-8-18)26-25(33)21-15-23-27-22(16-24(32(23)29-21)30-11-13-34-14-12-30)31-10-9-20(28-31)19-5-3-2-4-6-19/h2-6,9-10,15-18H,7-8,11-14H2,1H3,(H,26,33)/t17-/m1/s1. The summed E-state index contributed by atoms with van der Waals surface area (Å²) in [6, 6.07) is 15.9. The van der Waals surface area contributed by atoms with Crippen LogP contribution in [0.2, 0.25) is 0 Å². The lowest BCUT2D eigenvalue weighted by molar-refractivity contribution is 0.0930. The molecular formula is C25H27N7O2. The minimum absolute atomic E-state index is 0.153. The highest BCUT2D eigenvalue weighted by Crippen LogP contribution is 2.32. The summed E-state index contributed by atoms with van der Waals surface area (Å²) in [6.45, 7) is 4.84. The van der Waals surface area contributed by atoms with Gasteiger partial charge in [-0.2, -0.15) is 14.7 Å². The second-order valence-corrected chi connectivity index (χ2v) is 8.98. The molecule has 1 N–H and O–H groups in total. The van der Waals surface area contributed by atoms with Crippen LogP contribution >= 0.6 is 0 Å². The average molecular weight is 458 g/mol. The molecule has 0 spiro atoms. The number of benzene rings is 1. The topological polar surface area (TPSA) is 89.6 Å². The van der Waals surface area contributed by atoms with Crippen LogP contribution in [-0.2, 0) is 4.74 Å². The molecule has 174 valence electrons.